The average molecular weight is 246 g/mol. The molecule has 1 heterocycles. The molecule has 1 aromatic carbocycles. The van der Waals surface area contributed by atoms with Gasteiger partial charge in [-0.25, -0.2) is 4.79 Å². The van der Waals surface area contributed by atoms with Crippen LogP contribution in [0.25, 0.3) is 0 Å². The topological polar surface area (TPSA) is 85.2 Å². The number of H-pyrrole nitrogens is 1. The lowest BCUT2D eigenvalue weighted by Crippen LogP contribution is -2.05. The molecule has 1 N–H and O–H groups in total. The number of nitrogens with one attached hydrogen (secondary N) is 1. The van der Waals surface area contributed by atoms with Gasteiger partial charge in [0.25, 0.3) is 5.69 Å². The molecular formula is C12H10N2O4. The van der Waals surface area contributed by atoms with Gasteiger partial charge in [-0.05, 0) is 29.8 Å². The number of benzene rings is 1. The summed E-state index contributed by atoms with van der Waals surface area (Å²) in [5.41, 5.74) is 1.08. The number of non-ortho nitro benzene ring substituents is 1. The number of aromatic amines is 1. The van der Waals surface area contributed by atoms with Crippen LogP contribution in [0, 0.1) is 10.1 Å². The van der Waals surface area contributed by atoms with Crippen molar-refractivity contribution in [2.45, 2.75) is 6.61 Å². The summed E-state index contributed by atoms with van der Waals surface area (Å²) in [6.07, 6.45) is 1.63. The van der Waals surface area contributed by atoms with Gasteiger partial charge in [0.2, 0.25) is 0 Å². The van der Waals surface area contributed by atoms with E-state index >= 15 is 0 Å². The van der Waals surface area contributed by atoms with Gasteiger partial charge in [0.05, 0.1) is 4.92 Å². The Bertz CT molecular complexity index is 546. The number of aromatic nitrogens is 1. The van der Waals surface area contributed by atoms with Crippen molar-refractivity contribution in [2.24, 2.45) is 0 Å². The third-order valence-electron chi connectivity index (χ3n) is 2.33. The highest BCUT2D eigenvalue weighted by atomic mass is 16.6. The summed E-state index contributed by atoms with van der Waals surface area (Å²) in [5, 5.41) is 10.4. The fraction of sp³-hybridized carbons (Fsp3) is 0.0833. The van der Waals surface area contributed by atoms with Gasteiger partial charge in [0.1, 0.15) is 12.3 Å². The number of nitrogens with zero attached hydrogens (tertiary/aromatic N) is 1. The van der Waals surface area contributed by atoms with E-state index in [9.17, 15) is 14.9 Å². The van der Waals surface area contributed by atoms with Gasteiger partial charge in [-0.3, -0.25) is 10.1 Å². The van der Waals surface area contributed by atoms with E-state index in [1.165, 1.54) is 12.1 Å². The molecule has 92 valence electrons. The second-order valence-electron chi connectivity index (χ2n) is 3.58. The van der Waals surface area contributed by atoms with Crippen LogP contribution in [0.1, 0.15) is 16.1 Å². The lowest BCUT2D eigenvalue weighted by atomic mass is 10.2. The van der Waals surface area contributed by atoms with Crippen molar-refractivity contribution in [3.8, 4) is 0 Å². The molecule has 0 radical (unpaired) electrons. The van der Waals surface area contributed by atoms with E-state index in [4.69, 9.17) is 4.74 Å². The van der Waals surface area contributed by atoms with Gasteiger partial charge in [0.15, 0.2) is 0 Å². The van der Waals surface area contributed by atoms with Crippen molar-refractivity contribution in [1.29, 1.82) is 0 Å². The Morgan fingerprint density at radius 2 is 2.00 bits per heavy atom. The van der Waals surface area contributed by atoms with Gasteiger partial charge in [0, 0.05) is 18.3 Å². The molecule has 0 amide bonds. The van der Waals surface area contributed by atoms with Gasteiger partial charge in [-0.15, -0.1) is 0 Å². The molecular weight excluding hydrogens is 236 g/mol. The van der Waals surface area contributed by atoms with Crippen LogP contribution in [-0.2, 0) is 11.3 Å². The van der Waals surface area contributed by atoms with Gasteiger partial charge < -0.3 is 9.72 Å². The fourth-order valence-electron chi connectivity index (χ4n) is 1.40. The zero-order valence-corrected chi connectivity index (χ0v) is 9.33. The number of nitro benzene ring substituents is 1. The van der Waals surface area contributed by atoms with E-state index in [1.54, 1.807) is 30.5 Å². The summed E-state index contributed by atoms with van der Waals surface area (Å²) in [5.74, 6) is -0.460. The zero-order chi connectivity index (χ0) is 13.0. The molecule has 6 heteroatoms. The molecule has 0 aliphatic heterocycles. The van der Waals surface area contributed by atoms with Gasteiger partial charge in [-0.2, -0.15) is 0 Å². The number of nitro groups is 1. The Labute approximate surface area is 102 Å². The number of carbonyl (C=O) groups is 1. The molecule has 18 heavy (non-hydrogen) atoms. The number of carbonyl (C=O) groups excluding carboxylic acids is 1. The van der Waals surface area contributed by atoms with Crippen molar-refractivity contribution in [2.75, 3.05) is 0 Å². The summed E-state index contributed by atoms with van der Waals surface area (Å²) in [4.78, 5) is 24.2. The lowest BCUT2D eigenvalue weighted by molar-refractivity contribution is -0.384. The molecule has 0 saturated heterocycles. The molecule has 0 saturated carbocycles. The maximum absolute atomic E-state index is 11.5. The van der Waals surface area contributed by atoms with Crippen molar-refractivity contribution in [3.05, 3.63) is 64.0 Å². The number of hydrogen-bond acceptors (Lipinski definition) is 4. The lowest BCUT2D eigenvalue weighted by Gasteiger charge is -2.03. The highest BCUT2D eigenvalue weighted by molar-refractivity contribution is 5.87. The smallest absolute Gasteiger partial charge is 0.355 e. The molecule has 2 rings (SSSR count). The van der Waals surface area contributed by atoms with Crippen LogP contribution in [0.5, 0.6) is 0 Å². The predicted molar refractivity (Wildman–Crippen MR) is 63.0 cm³/mol. The average Bonchev–Trinajstić information content (AvgIpc) is 2.90. The van der Waals surface area contributed by atoms with E-state index in [0.717, 1.165) is 0 Å². The first-order valence-corrected chi connectivity index (χ1v) is 5.20. The summed E-state index contributed by atoms with van der Waals surface area (Å²) < 4.78 is 5.03. The summed E-state index contributed by atoms with van der Waals surface area (Å²) >= 11 is 0. The number of rotatable bonds is 4. The van der Waals surface area contributed by atoms with Crippen LogP contribution in [0.2, 0.25) is 0 Å². The SMILES string of the molecule is O=C(OCc1ccc([N+](=O)[O-])cc1)c1ccc[nH]1. The van der Waals surface area contributed by atoms with E-state index in [-0.39, 0.29) is 12.3 Å². The minimum absolute atomic E-state index is 0.00874. The van der Waals surface area contributed by atoms with E-state index in [0.29, 0.717) is 11.3 Å². The van der Waals surface area contributed by atoms with Crippen molar-refractivity contribution < 1.29 is 14.5 Å². The quantitative estimate of drug-likeness (QED) is 0.509. The molecule has 0 unspecified atom stereocenters. The minimum Gasteiger partial charge on any atom is -0.456 e. The highest BCUT2D eigenvalue weighted by Gasteiger charge is 2.08. The second-order valence-corrected chi connectivity index (χ2v) is 3.58. The van der Waals surface area contributed by atoms with E-state index < -0.39 is 10.9 Å². The van der Waals surface area contributed by atoms with Gasteiger partial charge in [-0.1, -0.05) is 0 Å². The minimum atomic E-state index is -0.477. The number of hydrogen-bond donors (Lipinski definition) is 1. The van der Waals surface area contributed by atoms with E-state index in [1.807, 2.05) is 0 Å². The first-order chi connectivity index (χ1) is 8.66. The van der Waals surface area contributed by atoms with E-state index in [2.05, 4.69) is 4.98 Å². The van der Waals surface area contributed by atoms with Crippen LogP contribution in [0.15, 0.2) is 42.6 Å². The van der Waals surface area contributed by atoms with Crippen LogP contribution >= 0.6 is 0 Å². The molecule has 0 fully saturated rings. The number of esters is 1. The molecule has 0 atom stereocenters. The Kier molecular flexibility index (Phi) is 3.38. The first kappa shape index (κ1) is 11.8. The standard InChI is InChI=1S/C12H10N2O4/c15-12(11-2-1-7-13-11)18-8-9-3-5-10(6-4-9)14(16)17/h1-7,13H,8H2. The first-order valence-electron chi connectivity index (χ1n) is 5.20. The van der Waals surface area contributed by atoms with Crippen molar-refractivity contribution in [1.82, 2.24) is 4.98 Å². The third kappa shape index (κ3) is 2.73. The summed E-state index contributed by atoms with van der Waals surface area (Å²) in [7, 11) is 0. The monoisotopic (exact) mass is 246 g/mol. The third-order valence-corrected chi connectivity index (χ3v) is 2.33. The Morgan fingerprint density at radius 1 is 1.28 bits per heavy atom. The van der Waals surface area contributed by atoms with Crippen LogP contribution < -0.4 is 0 Å². The van der Waals surface area contributed by atoms with Gasteiger partial charge >= 0.3 is 5.97 Å². The summed E-state index contributed by atoms with van der Waals surface area (Å²) in [6.45, 7) is 0.0792. The molecule has 2 aromatic rings. The predicted octanol–water partition coefficient (Wildman–Crippen LogP) is 2.28. The second kappa shape index (κ2) is 5.13. The van der Waals surface area contributed by atoms with Crippen LogP contribution in [0.3, 0.4) is 0 Å². The zero-order valence-electron chi connectivity index (χ0n) is 9.33. The molecule has 6 nitrogen and oxygen atoms in total. The molecule has 0 aliphatic rings. The maximum atomic E-state index is 11.5. The number of ether oxygens (including phenoxy) is 1. The fourth-order valence-corrected chi connectivity index (χ4v) is 1.40. The molecule has 0 bridgehead atoms. The summed E-state index contributed by atoms with van der Waals surface area (Å²) in [6, 6.07) is 9.16. The molecule has 0 aliphatic carbocycles. The van der Waals surface area contributed by atoms with Crippen molar-refractivity contribution in [3.63, 3.8) is 0 Å². The van der Waals surface area contributed by atoms with Crippen molar-refractivity contribution >= 4 is 11.7 Å². The maximum Gasteiger partial charge on any atom is 0.355 e. The Morgan fingerprint density at radius 3 is 2.56 bits per heavy atom. The highest BCUT2D eigenvalue weighted by Crippen LogP contribution is 2.13. The normalized spacial score (nSPS) is 10.0. The molecule has 0 spiro atoms. The Balaban J connectivity index is 1.94. The van der Waals surface area contributed by atoms with Crippen LogP contribution in [0.4, 0.5) is 5.69 Å². The Hall–Kier alpha value is -2.63. The molecule has 1 aromatic heterocycles. The van der Waals surface area contributed by atoms with Crippen LogP contribution in [-0.4, -0.2) is 15.9 Å². The largest absolute Gasteiger partial charge is 0.456 e.